The number of carbonyl (C=O) groups excluding carboxylic acids is 1. The first-order valence-corrected chi connectivity index (χ1v) is 6.37. The number of esters is 1. The maximum Gasteiger partial charge on any atom is 0.341 e. The lowest BCUT2D eigenvalue weighted by molar-refractivity contribution is 0.0520. The zero-order valence-corrected chi connectivity index (χ0v) is 11.6. The van der Waals surface area contributed by atoms with Crippen LogP contribution >= 0.6 is 0 Å². The summed E-state index contributed by atoms with van der Waals surface area (Å²) in [5.41, 5.74) is -0.718. The molecule has 22 heavy (non-hydrogen) atoms. The molecule has 0 radical (unpaired) electrons. The van der Waals surface area contributed by atoms with Crippen LogP contribution in [-0.2, 0) is 4.74 Å². The smallest absolute Gasteiger partial charge is 0.341 e. The average molecular weight is 305 g/mol. The number of nitrogens with one attached hydrogen (secondary N) is 1. The van der Waals surface area contributed by atoms with Gasteiger partial charge in [0.05, 0.1) is 17.7 Å². The molecule has 0 aliphatic carbocycles. The van der Waals surface area contributed by atoms with Gasteiger partial charge in [-0.15, -0.1) is 0 Å². The summed E-state index contributed by atoms with van der Waals surface area (Å²) in [6, 6.07) is 4.52. The highest BCUT2D eigenvalue weighted by molar-refractivity contribution is 5.96. The lowest BCUT2D eigenvalue weighted by Crippen LogP contribution is -2.11. The number of carbonyl (C=O) groups is 2. The van der Waals surface area contributed by atoms with E-state index in [1.807, 2.05) is 0 Å². The predicted molar refractivity (Wildman–Crippen MR) is 75.4 cm³/mol. The van der Waals surface area contributed by atoms with E-state index in [0.717, 1.165) is 12.1 Å². The van der Waals surface area contributed by atoms with Crippen molar-refractivity contribution in [1.82, 2.24) is 4.98 Å². The van der Waals surface area contributed by atoms with Crippen LogP contribution in [0.15, 0.2) is 35.3 Å². The fourth-order valence-corrected chi connectivity index (χ4v) is 1.94. The van der Waals surface area contributed by atoms with Gasteiger partial charge in [-0.3, -0.25) is 4.79 Å². The molecule has 1 aromatic heterocycles. The Hall–Kier alpha value is -2.96. The quantitative estimate of drug-likeness (QED) is 0.843. The van der Waals surface area contributed by atoms with E-state index in [9.17, 15) is 18.8 Å². The van der Waals surface area contributed by atoms with Gasteiger partial charge in [-0.2, -0.15) is 0 Å². The molecule has 7 heteroatoms. The second kappa shape index (κ2) is 6.21. The second-order valence-electron chi connectivity index (χ2n) is 4.34. The Labute approximate surface area is 124 Å². The van der Waals surface area contributed by atoms with Crippen LogP contribution in [0.3, 0.4) is 0 Å². The summed E-state index contributed by atoms with van der Waals surface area (Å²) in [6.07, 6.45) is 1.19. The Morgan fingerprint density at radius 2 is 2.00 bits per heavy atom. The van der Waals surface area contributed by atoms with Crippen molar-refractivity contribution in [3.8, 4) is 11.1 Å². The van der Waals surface area contributed by atoms with Gasteiger partial charge in [0, 0.05) is 17.8 Å². The number of aromatic carboxylic acids is 1. The van der Waals surface area contributed by atoms with Crippen molar-refractivity contribution in [1.29, 1.82) is 0 Å². The van der Waals surface area contributed by atoms with E-state index in [4.69, 9.17) is 9.84 Å². The number of benzene rings is 1. The summed E-state index contributed by atoms with van der Waals surface area (Å²) in [6.45, 7) is 1.72. The molecule has 0 atom stereocenters. The van der Waals surface area contributed by atoms with Gasteiger partial charge in [-0.25, -0.2) is 14.0 Å². The van der Waals surface area contributed by atoms with Crippen LogP contribution in [0.5, 0.6) is 0 Å². The molecule has 0 saturated heterocycles. The highest BCUT2D eigenvalue weighted by atomic mass is 19.1. The summed E-state index contributed by atoms with van der Waals surface area (Å²) in [5, 5.41) is 9.11. The normalized spacial score (nSPS) is 10.3. The molecule has 0 spiro atoms. The SMILES string of the molecule is CCOC(=O)c1ccc(-c2c[nH]c(=O)cc2C(=O)O)cc1F. The van der Waals surface area contributed by atoms with Crippen LogP contribution in [-0.4, -0.2) is 28.6 Å². The molecular weight excluding hydrogens is 293 g/mol. The Bertz CT molecular complexity index is 797. The first-order valence-electron chi connectivity index (χ1n) is 6.37. The van der Waals surface area contributed by atoms with Crippen LogP contribution in [0.2, 0.25) is 0 Å². The monoisotopic (exact) mass is 305 g/mol. The predicted octanol–water partition coefficient (Wildman–Crippen LogP) is 2.06. The molecule has 0 aliphatic rings. The number of hydrogen-bond donors (Lipinski definition) is 2. The third kappa shape index (κ3) is 3.03. The average Bonchev–Trinajstić information content (AvgIpc) is 2.47. The van der Waals surface area contributed by atoms with Crippen molar-refractivity contribution in [3.05, 3.63) is 57.8 Å². The van der Waals surface area contributed by atoms with E-state index in [0.29, 0.717) is 0 Å². The lowest BCUT2D eigenvalue weighted by atomic mass is 10.0. The molecule has 2 rings (SSSR count). The molecule has 2 N–H and O–H groups in total. The van der Waals surface area contributed by atoms with Crippen molar-refractivity contribution in [2.45, 2.75) is 6.92 Å². The van der Waals surface area contributed by atoms with Gasteiger partial charge < -0.3 is 14.8 Å². The number of halogens is 1. The molecule has 0 aliphatic heterocycles. The highest BCUT2D eigenvalue weighted by Gasteiger charge is 2.17. The minimum Gasteiger partial charge on any atom is -0.478 e. The maximum absolute atomic E-state index is 14.0. The molecular formula is C15H12FNO5. The summed E-state index contributed by atoms with van der Waals surface area (Å²) < 4.78 is 18.7. The van der Waals surface area contributed by atoms with Crippen molar-refractivity contribution in [2.24, 2.45) is 0 Å². The number of pyridine rings is 1. The number of H-pyrrole nitrogens is 1. The molecule has 0 fully saturated rings. The molecule has 0 saturated carbocycles. The first-order chi connectivity index (χ1) is 10.4. The van der Waals surface area contributed by atoms with Crippen LogP contribution in [0, 0.1) is 5.82 Å². The summed E-state index contributed by atoms with van der Waals surface area (Å²) in [5.74, 6) is -2.94. The Kier molecular flexibility index (Phi) is 4.36. The maximum atomic E-state index is 14.0. The molecule has 0 bridgehead atoms. The standard InChI is InChI=1S/C15H12FNO5/c1-2-22-15(21)9-4-3-8(5-12(9)16)11-7-17-13(18)6-10(11)14(19)20/h3-7H,2H2,1H3,(H,17,18)(H,19,20). The van der Waals surface area contributed by atoms with Crippen molar-refractivity contribution in [2.75, 3.05) is 6.61 Å². The van der Waals surface area contributed by atoms with E-state index in [1.54, 1.807) is 6.92 Å². The molecule has 0 unspecified atom stereocenters. The number of aromatic nitrogens is 1. The lowest BCUT2D eigenvalue weighted by Gasteiger charge is -2.08. The van der Waals surface area contributed by atoms with E-state index >= 15 is 0 Å². The van der Waals surface area contributed by atoms with Gasteiger partial charge in [0.1, 0.15) is 5.82 Å². The van der Waals surface area contributed by atoms with Gasteiger partial charge in [-0.05, 0) is 24.6 Å². The van der Waals surface area contributed by atoms with Crippen molar-refractivity contribution < 1.29 is 23.8 Å². The summed E-state index contributed by atoms with van der Waals surface area (Å²) in [4.78, 5) is 36.2. The molecule has 6 nitrogen and oxygen atoms in total. The fraction of sp³-hybridized carbons (Fsp3) is 0.133. The second-order valence-corrected chi connectivity index (χ2v) is 4.34. The number of ether oxygens (including phenoxy) is 1. The molecule has 114 valence electrons. The van der Waals surface area contributed by atoms with E-state index < -0.39 is 23.3 Å². The largest absolute Gasteiger partial charge is 0.478 e. The number of aromatic amines is 1. The molecule has 2 aromatic rings. The zero-order chi connectivity index (χ0) is 16.3. The van der Waals surface area contributed by atoms with Crippen LogP contribution in [0.25, 0.3) is 11.1 Å². The van der Waals surface area contributed by atoms with Crippen LogP contribution in [0.4, 0.5) is 4.39 Å². The Balaban J connectivity index is 2.51. The topological polar surface area (TPSA) is 96.5 Å². The fourth-order valence-electron chi connectivity index (χ4n) is 1.94. The number of rotatable bonds is 4. The van der Waals surface area contributed by atoms with Gasteiger partial charge in [0.2, 0.25) is 5.56 Å². The highest BCUT2D eigenvalue weighted by Crippen LogP contribution is 2.24. The van der Waals surface area contributed by atoms with Crippen molar-refractivity contribution in [3.63, 3.8) is 0 Å². The summed E-state index contributed by atoms with van der Waals surface area (Å²) >= 11 is 0. The minimum absolute atomic E-state index is 0.114. The van der Waals surface area contributed by atoms with Crippen molar-refractivity contribution >= 4 is 11.9 Å². The Morgan fingerprint density at radius 3 is 2.59 bits per heavy atom. The van der Waals surface area contributed by atoms with Gasteiger partial charge in [-0.1, -0.05) is 6.07 Å². The van der Waals surface area contributed by atoms with Gasteiger partial charge in [0.25, 0.3) is 0 Å². The minimum atomic E-state index is -1.31. The van der Waals surface area contributed by atoms with Gasteiger partial charge in [0.15, 0.2) is 0 Å². The van der Waals surface area contributed by atoms with E-state index in [-0.39, 0.29) is 28.9 Å². The molecule has 0 amide bonds. The summed E-state index contributed by atoms with van der Waals surface area (Å²) in [7, 11) is 0. The number of carboxylic acids is 1. The number of carboxylic acid groups (broad SMARTS) is 1. The van der Waals surface area contributed by atoms with E-state index in [2.05, 4.69) is 4.98 Å². The molecule has 1 aromatic carbocycles. The third-order valence-corrected chi connectivity index (χ3v) is 2.93. The van der Waals surface area contributed by atoms with Gasteiger partial charge >= 0.3 is 11.9 Å². The molecule has 1 heterocycles. The van der Waals surface area contributed by atoms with Crippen LogP contribution < -0.4 is 5.56 Å². The zero-order valence-electron chi connectivity index (χ0n) is 11.6. The first kappa shape index (κ1) is 15.4. The number of hydrogen-bond acceptors (Lipinski definition) is 4. The third-order valence-electron chi connectivity index (χ3n) is 2.93. The van der Waals surface area contributed by atoms with E-state index in [1.165, 1.54) is 18.3 Å². The van der Waals surface area contributed by atoms with Crippen LogP contribution in [0.1, 0.15) is 27.6 Å². The Morgan fingerprint density at radius 1 is 1.27 bits per heavy atom.